The van der Waals surface area contributed by atoms with E-state index in [1.165, 1.54) is 13.3 Å². The van der Waals surface area contributed by atoms with Crippen molar-refractivity contribution in [3.8, 4) is 22.8 Å². The molecule has 0 aliphatic carbocycles. The summed E-state index contributed by atoms with van der Waals surface area (Å²) in [5.41, 5.74) is 4.43. The summed E-state index contributed by atoms with van der Waals surface area (Å²) in [5, 5.41) is 20.7. The van der Waals surface area contributed by atoms with E-state index in [4.69, 9.17) is 41.8 Å². The van der Waals surface area contributed by atoms with Gasteiger partial charge in [-0.05, 0) is 61.9 Å². The lowest BCUT2D eigenvalue weighted by Crippen LogP contribution is -2.45. The van der Waals surface area contributed by atoms with E-state index < -0.39 is 24.3 Å². The molecular weight excluding hydrogens is 575 g/mol. The van der Waals surface area contributed by atoms with Gasteiger partial charge in [-0.15, -0.1) is 0 Å². The van der Waals surface area contributed by atoms with Gasteiger partial charge in [-0.2, -0.15) is 5.10 Å². The number of esters is 1. The fourth-order valence-corrected chi connectivity index (χ4v) is 4.45. The molecule has 2 amide bonds. The molecule has 1 aromatic heterocycles. The van der Waals surface area contributed by atoms with Gasteiger partial charge < -0.3 is 34.4 Å². The summed E-state index contributed by atoms with van der Waals surface area (Å²) in [6.07, 6.45) is 0.227. The van der Waals surface area contributed by atoms with Gasteiger partial charge in [0, 0.05) is 16.3 Å². The number of carbonyl (C=O) groups is 2. The molecule has 4 N–H and O–H groups in total. The van der Waals surface area contributed by atoms with Gasteiger partial charge in [-0.3, -0.25) is 5.43 Å². The topological polar surface area (TPSA) is 144 Å². The number of urea groups is 1. The number of rotatable bonds is 11. The number of allylic oxidation sites excluding steroid dienone is 1. The van der Waals surface area contributed by atoms with Gasteiger partial charge in [0.25, 0.3) is 0 Å². The van der Waals surface area contributed by atoms with Crippen molar-refractivity contribution in [1.29, 1.82) is 0 Å². The van der Waals surface area contributed by atoms with Crippen LogP contribution in [0.1, 0.15) is 31.2 Å². The van der Waals surface area contributed by atoms with Gasteiger partial charge in [0.2, 0.25) is 0 Å². The number of nitrogens with zero attached hydrogens (tertiary/aromatic N) is 1. The zero-order chi connectivity index (χ0) is 29.5. The Bertz CT molecular complexity index is 1490. The second-order valence-corrected chi connectivity index (χ2v) is 9.58. The molecule has 3 aromatic rings. The Balaban J connectivity index is 1.40. The lowest BCUT2D eigenvalue weighted by Gasteiger charge is -2.28. The number of benzene rings is 2. The minimum atomic E-state index is -1.17. The van der Waals surface area contributed by atoms with Gasteiger partial charge in [0.05, 0.1) is 36.6 Å². The Hall–Kier alpha value is -4.19. The van der Waals surface area contributed by atoms with Crippen LogP contribution >= 0.6 is 23.2 Å². The Kier molecular flexibility index (Phi) is 9.77. The SMILES string of the molecule is CCOc1cc([C@H]2NC(=O)NC(C)=C2C(=O)OC)ccc1OC[C@@H](O)N/N=C\c1ccc(-c2cc(Cl)ccc2Cl)o1. The van der Waals surface area contributed by atoms with Crippen molar-refractivity contribution < 1.29 is 33.3 Å². The molecular formula is C28H28Cl2N4O7. The second-order valence-electron chi connectivity index (χ2n) is 8.74. The molecule has 216 valence electrons. The van der Waals surface area contributed by atoms with Crippen molar-refractivity contribution in [2.75, 3.05) is 20.3 Å². The van der Waals surface area contributed by atoms with Crippen molar-refractivity contribution in [1.82, 2.24) is 16.1 Å². The third-order valence-electron chi connectivity index (χ3n) is 5.91. The van der Waals surface area contributed by atoms with Crippen molar-refractivity contribution in [3.05, 3.63) is 81.2 Å². The van der Waals surface area contributed by atoms with Crippen LogP contribution in [-0.4, -0.2) is 49.9 Å². The largest absolute Gasteiger partial charge is 0.490 e. The van der Waals surface area contributed by atoms with Crippen LogP contribution in [0.2, 0.25) is 10.0 Å². The third-order valence-corrected chi connectivity index (χ3v) is 6.47. The maximum absolute atomic E-state index is 12.4. The molecule has 2 atom stereocenters. The van der Waals surface area contributed by atoms with Gasteiger partial charge >= 0.3 is 12.0 Å². The average Bonchev–Trinajstić information content (AvgIpc) is 3.41. The number of ether oxygens (including phenoxy) is 3. The summed E-state index contributed by atoms with van der Waals surface area (Å²) in [5.74, 6) is 1.06. The number of aliphatic hydroxyl groups excluding tert-OH is 1. The third kappa shape index (κ3) is 7.31. The van der Waals surface area contributed by atoms with Gasteiger partial charge in [-0.25, -0.2) is 9.59 Å². The highest BCUT2D eigenvalue weighted by Crippen LogP contribution is 2.35. The minimum Gasteiger partial charge on any atom is -0.490 e. The van der Waals surface area contributed by atoms with Gasteiger partial charge in [-0.1, -0.05) is 29.3 Å². The molecule has 2 aromatic carbocycles. The second kappa shape index (κ2) is 13.4. The highest BCUT2D eigenvalue weighted by Gasteiger charge is 2.32. The quantitative estimate of drug-likeness (QED) is 0.106. The van der Waals surface area contributed by atoms with E-state index in [1.54, 1.807) is 62.4 Å². The molecule has 13 heteroatoms. The first kappa shape index (κ1) is 29.8. The molecule has 0 bridgehead atoms. The van der Waals surface area contributed by atoms with Crippen LogP contribution in [0.5, 0.6) is 11.5 Å². The molecule has 2 heterocycles. The first-order chi connectivity index (χ1) is 19.7. The van der Waals surface area contributed by atoms with E-state index >= 15 is 0 Å². The number of carbonyl (C=O) groups excluding carboxylic acids is 2. The first-order valence-electron chi connectivity index (χ1n) is 12.5. The van der Waals surface area contributed by atoms with Crippen molar-refractivity contribution in [2.24, 2.45) is 5.10 Å². The molecule has 1 aliphatic heterocycles. The van der Waals surface area contributed by atoms with E-state index in [0.717, 1.165) is 0 Å². The molecule has 0 saturated heterocycles. The maximum atomic E-state index is 12.4. The molecule has 0 fully saturated rings. The van der Waals surface area contributed by atoms with Gasteiger partial charge in [0.15, 0.2) is 17.7 Å². The zero-order valence-electron chi connectivity index (χ0n) is 22.4. The summed E-state index contributed by atoms with van der Waals surface area (Å²) in [4.78, 5) is 24.5. The summed E-state index contributed by atoms with van der Waals surface area (Å²) in [6.45, 7) is 3.58. The number of halogens is 2. The monoisotopic (exact) mass is 602 g/mol. The number of amides is 2. The van der Waals surface area contributed by atoms with Crippen molar-refractivity contribution in [2.45, 2.75) is 26.1 Å². The number of nitrogens with one attached hydrogen (secondary N) is 3. The highest BCUT2D eigenvalue weighted by molar-refractivity contribution is 6.35. The number of furan rings is 1. The molecule has 0 spiro atoms. The number of hydrazone groups is 1. The predicted octanol–water partition coefficient (Wildman–Crippen LogP) is 4.77. The van der Waals surface area contributed by atoms with E-state index in [1.807, 2.05) is 0 Å². The molecule has 41 heavy (non-hydrogen) atoms. The molecule has 0 saturated carbocycles. The number of hydrogen-bond donors (Lipinski definition) is 4. The Labute approximate surface area is 246 Å². The summed E-state index contributed by atoms with van der Waals surface area (Å²) in [7, 11) is 1.27. The maximum Gasteiger partial charge on any atom is 0.337 e. The molecule has 11 nitrogen and oxygen atoms in total. The van der Waals surface area contributed by atoms with Crippen LogP contribution in [0.4, 0.5) is 4.79 Å². The smallest absolute Gasteiger partial charge is 0.337 e. The standard InChI is InChI=1S/C28H28Cl2N4O7/c1-4-39-23-11-16(26-25(27(36)38-3)15(2)32-28(37)33-26)5-9-22(23)40-14-24(35)34-31-13-18-7-10-21(41-18)19-12-17(29)6-8-20(19)30/h5-13,24,26,34-35H,4,14H2,1-3H3,(H2,32,33,37)/b31-13-/t24-,26-/m1/s1. The summed E-state index contributed by atoms with van der Waals surface area (Å²) < 4.78 is 22.1. The summed E-state index contributed by atoms with van der Waals surface area (Å²) >= 11 is 12.3. The zero-order valence-corrected chi connectivity index (χ0v) is 23.9. The van der Waals surface area contributed by atoms with Crippen LogP contribution in [0, 0.1) is 0 Å². The molecule has 1 aliphatic rings. The van der Waals surface area contributed by atoms with E-state index in [9.17, 15) is 14.7 Å². The number of methoxy groups -OCH3 is 1. The minimum absolute atomic E-state index is 0.172. The van der Waals surface area contributed by atoms with Crippen LogP contribution < -0.4 is 25.5 Å². The molecule has 4 rings (SSSR count). The van der Waals surface area contributed by atoms with E-state index in [-0.39, 0.29) is 12.2 Å². The average molecular weight is 603 g/mol. The van der Waals surface area contributed by atoms with Crippen molar-refractivity contribution >= 4 is 41.4 Å². The number of aliphatic hydroxyl groups is 1. The lowest BCUT2D eigenvalue weighted by molar-refractivity contribution is -0.136. The fraction of sp³-hybridized carbons (Fsp3) is 0.250. The summed E-state index contributed by atoms with van der Waals surface area (Å²) in [6, 6.07) is 12.2. The molecule has 0 unspecified atom stereocenters. The highest BCUT2D eigenvalue weighted by atomic mass is 35.5. The fourth-order valence-electron chi connectivity index (χ4n) is 4.06. The van der Waals surface area contributed by atoms with E-state index in [2.05, 4.69) is 21.2 Å². The number of hydrogen-bond acceptors (Lipinski definition) is 9. The van der Waals surface area contributed by atoms with E-state index in [0.29, 0.717) is 56.5 Å². The predicted molar refractivity (Wildman–Crippen MR) is 153 cm³/mol. The normalized spacial score (nSPS) is 15.8. The first-order valence-corrected chi connectivity index (χ1v) is 13.2. The lowest BCUT2D eigenvalue weighted by atomic mass is 9.95. The molecule has 0 radical (unpaired) electrons. The van der Waals surface area contributed by atoms with Crippen LogP contribution in [0.3, 0.4) is 0 Å². The van der Waals surface area contributed by atoms with Crippen molar-refractivity contribution in [3.63, 3.8) is 0 Å². The Morgan fingerprint density at radius 2 is 1.98 bits per heavy atom. The Morgan fingerprint density at radius 1 is 1.17 bits per heavy atom. The Morgan fingerprint density at radius 3 is 2.73 bits per heavy atom. The van der Waals surface area contributed by atoms with Crippen LogP contribution in [-0.2, 0) is 9.53 Å². The van der Waals surface area contributed by atoms with Crippen LogP contribution in [0.15, 0.2) is 69.3 Å². The van der Waals surface area contributed by atoms with Crippen LogP contribution in [0.25, 0.3) is 11.3 Å². The van der Waals surface area contributed by atoms with Gasteiger partial charge in [0.1, 0.15) is 18.1 Å².